The van der Waals surface area contributed by atoms with E-state index < -0.39 is 0 Å². The van der Waals surface area contributed by atoms with Crippen molar-refractivity contribution >= 4 is 11.7 Å². The average molecular weight is 383 g/mol. The van der Waals surface area contributed by atoms with Crippen molar-refractivity contribution in [1.82, 2.24) is 15.1 Å². The van der Waals surface area contributed by atoms with Gasteiger partial charge >= 0.3 is 0 Å². The third-order valence-electron chi connectivity index (χ3n) is 6.53. The Bertz CT molecular complexity index is 818. The van der Waals surface area contributed by atoms with Gasteiger partial charge in [0.1, 0.15) is 11.4 Å². The molecule has 0 saturated carbocycles. The van der Waals surface area contributed by atoms with Crippen molar-refractivity contribution in [3.8, 4) is 0 Å². The predicted octanol–water partition coefficient (Wildman–Crippen LogP) is 5.12. The van der Waals surface area contributed by atoms with Gasteiger partial charge in [0.2, 0.25) is 0 Å². The van der Waals surface area contributed by atoms with Crippen LogP contribution >= 0.6 is 0 Å². The van der Waals surface area contributed by atoms with Crippen LogP contribution in [0.3, 0.4) is 0 Å². The fraction of sp³-hybridized carbons (Fsp3) is 0.565. The largest absolute Gasteiger partial charge is 0.363 e. The van der Waals surface area contributed by atoms with Gasteiger partial charge in [-0.2, -0.15) is 5.10 Å². The van der Waals surface area contributed by atoms with Gasteiger partial charge in [-0.05, 0) is 44.6 Å². The van der Waals surface area contributed by atoms with Gasteiger partial charge in [0.25, 0.3) is 5.91 Å². The molecule has 2 N–H and O–H groups in total. The highest BCUT2D eigenvalue weighted by molar-refractivity contribution is 5.99. The SMILES string of the molecule is CCC(CC)(NC(=O)c1cnn2c1NC(c1ccccc1)CC2(C)C)C(C)C. The molecule has 1 aromatic carbocycles. The molecule has 0 saturated heterocycles. The third kappa shape index (κ3) is 3.54. The summed E-state index contributed by atoms with van der Waals surface area (Å²) in [7, 11) is 0. The number of carbonyl (C=O) groups is 1. The number of hydrogen-bond donors (Lipinski definition) is 2. The highest BCUT2D eigenvalue weighted by atomic mass is 16.1. The molecule has 2 aromatic rings. The number of benzene rings is 1. The first-order valence-electron chi connectivity index (χ1n) is 10.5. The van der Waals surface area contributed by atoms with E-state index in [4.69, 9.17) is 0 Å². The third-order valence-corrected chi connectivity index (χ3v) is 6.53. The van der Waals surface area contributed by atoms with Crippen molar-refractivity contribution < 1.29 is 4.79 Å². The molecule has 0 aliphatic carbocycles. The topological polar surface area (TPSA) is 59.0 Å². The number of hydrogen-bond acceptors (Lipinski definition) is 3. The standard InChI is InChI=1S/C23H34N4O/c1-7-23(8-2,16(3)4)26-21(28)18-15-24-27-20(18)25-19(14-22(27,5)6)17-12-10-9-11-13-17/h9-13,15-16,19,25H,7-8,14H2,1-6H3,(H,26,28). The number of fused-ring (bicyclic) bond motifs is 1. The maximum Gasteiger partial charge on any atom is 0.257 e. The van der Waals surface area contributed by atoms with E-state index in [0.29, 0.717) is 11.5 Å². The molecule has 5 nitrogen and oxygen atoms in total. The number of nitrogens with one attached hydrogen (secondary N) is 2. The monoisotopic (exact) mass is 382 g/mol. The Labute approximate surface area is 168 Å². The van der Waals surface area contributed by atoms with Crippen LogP contribution in [0.5, 0.6) is 0 Å². The summed E-state index contributed by atoms with van der Waals surface area (Å²) >= 11 is 0. The summed E-state index contributed by atoms with van der Waals surface area (Å²) in [6, 6.07) is 10.6. The summed E-state index contributed by atoms with van der Waals surface area (Å²) < 4.78 is 1.97. The van der Waals surface area contributed by atoms with Crippen LogP contribution in [-0.2, 0) is 5.54 Å². The quantitative estimate of drug-likeness (QED) is 0.729. The summed E-state index contributed by atoms with van der Waals surface area (Å²) in [5.74, 6) is 1.13. The summed E-state index contributed by atoms with van der Waals surface area (Å²) in [5.41, 5.74) is 1.48. The predicted molar refractivity (Wildman–Crippen MR) is 115 cm³/mol. The van der Waals surface area contributed by atoms with Crippen molar-refractivity contribution in [1.29, 1.82) is 0 Å². The number of rotatable bonds is 6. The van der Waals surface area contributed by atoms with Gasteiger partial charge in [-0.1, -0.05) is 58.0 Å². The molecule has 152 valence electrons. The summed E-state index contributed by atoms with van der Waals surface area (Å²) in [5, 5.41) is 11.5. The first-order valence-corrected chi connectivity index (χ1v) is 10.5. The first kappa shape index (κ1) is 20.4. The molecular formula is C23H34N4O. The van der Waals surface area contributed by atoms with Crippen LogP contribution < -0.4 is 10.6 Å². The molecule has 2 heterocycles. The van der Waals surface area contributed by atoms with E-state index in [1.165, 1.54) is 5.56 Å². The Hall–Kier alpha value is -2.30. The van der Waals surface area contributed by atoms with Crippen molar-refractivity contribution in [2.45, 2.75) is 77.9 Å². The van der Waals surface area contributed by atoms with Crippen LogP contribution in [0.1, 0.15) is 82.8 Å². The van der Waals surface area contributed by atoms with Crippen LogP contribution in [0.2, 0.25) is 0 Å². The lowest BCUT2D eigenvalue weighted by Gasteiger charge is -2.39. The molecule has 1 unspecified atom stereocenters. The smallest absolute Gasteiger partial charge is 0.257 e. The van der Waals surface area contributed by atoms with Crippen molar-refractivity contribution in [2.24, 2.45) is 5.92 Å². The Morgan fingerprint density at radius 2 is 1.93 bits per heavy atom. The van der Waals surface area contributed by atoms with Gasteiger partial charge < -0.3 is 10.6 Å². The number of amides is 1. The number of nitrogens with zero attached hydrogens (tertiary/aromatic N) is 2. The second kappa shape index (κ2) is 7.61. The van der Waals surface area contributed by atoms with E-state index in [0.717, 1.165) is 25.1 Å². The first-order chi connectivity index (χ1) is 13.2. The minimum atomic E-state index is -0.199. The highest BCUT2D eigenvalue weighted by Crippen LogP contribution is 2.40. The maximum absolute atomic E-state index is 13.3. The fourth-order valence-corrected chi connectivity index (χ4v) is 4.48. The number of aromatic nitrogens is 2. The van der Waals surface area contributed by atoms with E-state index in [9.17, 15) is 4.79 Å². The van der Waals surface area contributed by atoms with Gasteiger partial charge in [-0.25, -0.2) is 4.68 Å². The summed E-state index contributed by atoms with van der Waals surface area (Å²) in [4.78, 5) is 13.3. The molecule has 0 radical (unpaired) electrons. The Kier molecular flexibility index (Phi) is 5.55. The second-order valence-electron chi connectivity index (χ2n) is 8.91. The normalized spacial score (nSPS) is 18.5. The van der Waals surface area contributed by atoms with Gasteiger partial charge in [0.15, 0.2) is 0 Å². The van der Waals surface area contributed by atoms with Crippen molar-refractivity contribution in [3.63, 3.8) is 0 Å². The molecule has 5 heteroatoms. The second-order valence-corrected chi connectivity index (χ2v) is 8.91. The van der Waals surface area contributed by atoms with Crippen LogP contribution in [0, 0.1) is 5.92 Å². The molecule has 0 spiro atoms. The Morgan fingerprint density at radius 3 is 2.50 bits per heavy atom. The lowest BCUT2D eigenvalue weighted by atomic mass is 9.81. The molecule has 1 atom stereocenters. The molecule has 0 fully saturated rings. The van der Waals surface area contributed by atoms with Gasteiger partial charge in [-0.15, -0.1) is 0 Å². The highest BCUT2D eigenvalue weighted by Gasteiger charge is 2.38. The average Bonchev–Trinajstić information content (AvgIpc) is 3.11. The molecular weight excluding hydrogens is 348 g/mol. The van der Waals surface area contributed by atoms with E-state index in [1.807, 2.05) is 10.7 Å². The minimum absolute atomic E-state index is 0.0457. The molecule has 1 aromatic heterocycles. The van der Waals surface area contributed by atoms with E-state index in [1.54, 1.807) is 6.20 Å². The van der Waals surface area contributed by atoms with Crippen LogP contribution in [0.25, 0.3) is 0 Å². The van der Waals surface area contributed by atoms with E-state index in [-0.39, 0.29) is 23.0 Å². The lowest BCUT2D eigenvalue weighted by Crippen LogP contribution is -2.51. The van der Waals surface area contributed by atoms with Crippen LogP contribution in [-0.4, -0.2) is 21.2 Å². The Balaban J connectivity index is 1.94. The van der Waals surface area contributed by atoms with Crippen molar-refractivity contribution in [2.75, 3.05) is 5.32 Å². The van der Waals surface area contributed by atoms with Gasteiger partial charge in [0, 0.05) is 5.54 Å². The van der Waals surface area contributed by atoms with Crippen LogP contribution in [0.4, 0.5) is 5.82 Å². The van der Waals surface area contributed by atoms with E-state index in [2.05, 4.69) is 81.5 Å². The molecule has 28 heavy (non-hydrogen) atoms. The lowest BCUT2D eigenvalue weighted by molar-refractivity contribution is 0.0854. The Morgan fingerprint density at radius 1 is 1.29 bits per heavy atom. The summed E-state index contributed by atoms with van der Waals surface area (Å²) in [6.45, 7) is 13.0. The van der Waals surface area contributed by atoms with Crippen molar-refractivity contribution in [3.05, 3.63) is 47.7 Å². The molecule has 3 rings (SSSR count). The molecule has 1 amide bonds. The molecule has 1 aliphatic heterocycles. The molecule has 1 aliphatic rings. The van der Waals surface area contributed by atoms with Crippen LogP contribution in [0.15, 0.2) is 36.5 Å². The zero-order valence-corrected chi connectivity index (χ0v) is 18.0. The van der Waals surface area contributed by atoms with Gasteiger partial charge in [0.05, 0.1) is 17.8 Å². The molecule has 0 bridgehead atoms. The minimum Gasteiger partial charge on any atom is -0.363 e. The summed E-state index contributed by atoms with van der Waals surface area (Å²) in [6.07, 6.45) is 4.43. The number of carbonyl (C=O) groups excluding carboxylic acids is 1. The fourth-order valence-electron chi connectivity index (χ4n) is 4.48. The zero-order chi connectivity index (χ0) is 20.5. The van der Waals surface area contributed by atoms with E-state index >= 15 is 0 Å². The maximum atomic E-state index is 13.3. The number of anilines is 1. The van der Waals surface area contributed by atoms with Gasteiger partial charge in [-0.3, -0.25) is 4.79 Å². The zero-order valence-electron chi connectivity index (χ0n) is 18.0.